The zero-order valence-electron chi connectivity index (χ0n) is 14.8. The molecule has 0 bridgehead atoms. The molecular formula is C21H23NO4. The molecule has 0 saturated carbocycles. The fourth-order valence-electron chi connectivity index (χ4n) is 2.74. The first kappa shape index (κ1) is 19.4. The summed E-state index contributed by atoms with van der Waals surface area (Å²) in [4.78, 5) is 35.5. The third kappa shape index (κ3) is 6.51. The van der Waals surface area contributed by atoms with Gasteiger partial charge < -0.3 is 10.4 Å². The molecule has 0 unspecified atom stereocenters. The van der Waals surface area contributed by atoms with E-state index in [1.54, 1.807) is 0 Å². The first-order valence-corrected chi connectivity index (χ1v) is 8.54. The molecule has 136 valence electrons. The smallest absolute Gasteiger partial charge is 0.322 e. The van der Waals surface area contributed by atoms with Crippen LogP contribution in [-0.4, -0.2) is 29.3 Å². The molecule has 2 aromatic rings. The SMILES string of the molecule is Cc1ccc(CC(=O)C[C@@H](Cc2ccccc2)C(=O)NCC(=O)O)cc1. The number of benzene rings is 2. The summed E-state index contributed by atoms with van der Waals surface area (Å²) in [5, 5.41) is 11.1. The van der Waals surface area contributed by atoms with Gasteiger partial charge in [-0.1, -0.05) is 60.2 Å². The minimum atomic E-state index is -1.11. The Morgan fingerprint density at radius 2 is 1.62 bits per heavy atom. The highest BCUT2D eigenvalue weighted by Gasteiger charge is 2.22. The van der Waals surface area contributed by atoms with E-state index in [-0.39, 0.29) is 18.6 Å². The van der Waals surface area contributed by atoms with Gasteiger partial charge in [0.2, 0.25) is 5.91 Å². The second-order valence-corrected chi connectivity index (χ2v) is 6.40. The molecule has 5 nitrogen and oxygen atoms in total. The predicted molar refractivity (Wildman–Crippen MR) is 98.8 cm³/mol. The molecule has 5 heteroatoms. The van der Waals surface area contributed by atoms with Crippen molar-refractivity contribution in [3.63, 3.8) is 0 Å². The number of aliphatic carboxylic acids is 1. The minimum absolute atomic E-state index is 0.0414. The van der Waals surface area contributed by atoms with Crippen molar-refractivity contribution in [3.05, 3.63) is 71.3 Å². The number of rotatable bonds is 9. The highest BCUT2D eigenvalue weighted by molar-refractivity contribution is 5.89. The van der Waals surface area contributed by atoms with Crippen LogP contribution in [0.1, 0.15) is 23.1 Å². The van der Waals surface area contributed by atoms with E-state index in [9.17, 15) is 14.4 Å². The molecule has 0 saturated heterocycles. The maximum atomic E-state index is 12.4. The van der Waals surface area contributed by atoms with Crippen molar-refractivity contribution in [2.45, 2.75) is 26.2 Å². The molecule has 0 aromatic heterocycles. The number of hydrogen-bond donors (Lipinski definition) is 2. The topological polar surface area (TPSA) is 83.5 Å². The zero-order chi connectivity index (χ0) is 18.9. The molecule has 1 atom stereocenters. The molecule has 0 aliphatic carbocycles. The Bertz CT molecular complexity index is 753. The van der Waals surface area contributed by atoms with E-state index in [1.165, 1.54) is 0 Å². The molecule has 0 aliphatic rings. The number of amides is 1. The Labute approximate surface area is 153 Å². The Morgan fingerprint density at radius 1 is 0.962 bits per heavy atom. The van der Waals surface area contributed by atoms with Gasteiger partial charge in [-0.25, -0.2) is 0 Å². The van der Waals surface area contributed by atoms with Gasteiger partial charge in [-0.15, -0.1) is 0 Å². The highest BCUT2D eigenvalue weighted by atomic mass is 16.4. The van der Waals surface area contributed by atoms with Gasteiger partial charge in [-0.05, 0) is 24.5 Å². The van der Waals surface area contributed by atoms with Crippen LogP contribution in [0.2, 0.25) is 0 Å². The number of carboxylic acids is 1. The molecule has 2 N–H and O–H groups in total. The van der Waals surface area contributed by atoms with Crippen molar-refractivity contribution in [2.75, 3.05) is 6.54 Å². The molecule has 0 aliphatic heterocycles. The van der Waals surface area contributed by atoms with Gasteiger partial charge in [0, 0.05) is 18.8 Å². The predicted octanol–water partition coefficient (Wildman–Crippen LogP) is 2.56. The molecule has 2 aromatic carbocycles. The summed E-state index contributed by atoms with van der Waals surface area (Å²) in [7, 11) is 0. The Kier molecular flexibility index (Phi) is 7.09. The minimum Gasteiger partial charge on any atom is -0.480 e. The van der Waals surface area contributed by atoms with Crippen molar-refractivity contribution in [3.8, 4) is 0 Å². The molecule has 2 rings (SSSR count). The molecule has 26 heavy (non-hydrogen) atoms. The maximum Gasteiger partial charge on any atom is 0.322 e. The third-order valence-electron chi connectivity index (χ3n) is 4.11. The average Bonchev–Trinajstić information content (AvgIpc) is 2.62. The van der Waals surface area contributed by atoms with Gasteiger partial charge in [0.1, 0.15) is 12.3 Å². The standard InChI is InChI=1S/C21H23NO4/c1-15-7-9-17(10-8-15)12-19(23)13-18(21(26)22-14-20(24)25)11-16-5-3-2-4-6-16/h2-10,18H,11-14H2,1H3,(H,22,26)(H,24,25)/t18-/m1/s1. The third-order valence-corrected chi connectivity index (χ3v) is 4.11. The summed E-state index contributed by atoms with van der Waals surface area (Å²) in [6.07, 6.45) is 0.734. The molecule has 0 radical (unpaired) electrons. The normalized spacial score (nSPS) is 11.6. The van der Waals surface area contributed by atoms with E-state index in [0.29, 0.717) is 6.42 Å². The maximum absolute atomic E-state index is 12.4. The summed E-state index contributed by atoms with van der Waals surface area (Å²) < 4.78 is 0. The Morgan fingerprint density at radius 3 is 2.23 bits per heavy atom. The highest BCUT2D eigenvalue weighted by Crippen LogP contribution is 2.15. The van der Waals surface area contributed by atoms with Crippen molar-refractivity contribution in [1.29, 1.82) is 0 Å². The lowest BCUT2D eigenvalue weighted by Crippen LogP contribution is -2.36. The number of carboxylic acid groups (broad SMARTS) is 1. The summed E-state index contributed by atoms with van der Waals surface area (Å²) >= 11 is 0. The van der Waals surface area contributed by atoms with Gasteiger partial charge >= 0.3 is 5.97 Å². The van der Waals surface area contributed by atoms with E-state index in [2.05, 4.69) is 5.32 Å². The quantitative estimate of drug-likeness (QED) is 0.726. The van der Waals surface area contributed by atoms with Gasteiger partial charge in [0.05, 0.1) is 0 Å². The second kappa shape index (κ2) is 9.51. The molecule has 0 heterocycles. The largest absolute Gasteiger partial charge is 0.480 e. The summed E-state index contributed by atoms with van der Waals surface area (Å²) in [6.45, 7) is 1.53. The van der Waals surface area contributed by atoms with Crippen LogP contribution in [0, 0.1) is 12.8 Å². The van der Waals surface area contributed by atoms with E-state index < -0.39 is 24.3 Å². The van der Waals surface area contributed by atoms with Crippen LogP contribution in [-0.2, 0) is 27.2 Å². The number of nitrogens with one attached hydrogen (secondary N) is 1. The van der Waals surface area contributed by atoms with Gasteiger partial charge in [-0.2, -0.15) is 0 Å². The van der Waals surface area contributed by atoms with Crippen molar-refractivity contribution >= 4 is 17.7 Å². The van der Waals surface area contributed by atoms with E-state index in [4.69, 9.17) is 5.11 Å². The Hall–Kier alpha value is -2.95. The fraction of sp³-hybridized carbons (Fsp3) is 0.286. The van der Waals surface area contributed by atoms with Crippen LogP contribution in [0.5, 0.6) is 0 Å². The van der Waals surface area contributed by atoms with Gasteiger partial charge in [0.25, 0.3) is 0 Å². The summed E-state index contributed by atoms with van der Waals surface area (Å²) in [5.74, 6) is -2.15. The van der Waals surface area contributed by atoms with Crippen molar-refractivity contribution in [2.24, 2.45) is 5.92 Å². The first-order valence-electron chi connectivity index (χ1n) is 8.54. The van der Waals surface area contributed by atoms with Crippen LogP contribution in [0.15, 0.2) is 54.6 Å². The zero-order valence-corrected chi connectivity index (χ0v) is 14.8. The molecule has 0 fully saturated rings. The number of carbonyl (C=O) groups excluding carboxylic acids is 2. The molecule has 1 amide bonds. The van der Waals surface area contributed by atoms with Crippen LogP contribution in [0.25, 0.3) is 0 Å². The van der Waals surface area contributed by atoms with Crippen LogP contribution < -0.4 is 5.32 Å². The van der Waals surface area contributed by atoms with Crippen molar-refractivity contribution < 1.29 is 19.5 Å². The molecular weight excluding hydrogens is 330 g/mol. The van der Waals surface area contributed by atoms with E-state index >= 15 is 0 Å². The number of carbonyl (C=O) groups is 3. The molecule has 0 spiro atoms. The van der Waals surface area contributed by atoms with Crippen LogP contribution in [0.4, 0.5) is 0 Å². The van der Waals surface area contributed by atoms with E-state index in [1.807, 2.05) is 61.5 Å². The number of Topliss-reactive ketones (excluding diaryl/α,β-unsaturated/α-hetero) is 1. The van der Waals surface area contributed by atoms with Crippen molar-refractivity contribution in [1.82, 2.24) is 5.32 Å². The van der Waals surface area contributed by atoms with Gasteiger partial charge in [-0.3, -0.25) is 14.4 Å². The fourth-order valence-corrected chi connectivity index (χ4v) is 2.74. The van der Waals surface area contributed by atoms with Crippen LogP contribution >= 0.6 is 0 Å². The summed E-state index contributed by atoms with van der Waals surface area (Å²) in [6, 6.07) is 17.1. The van der Waals surface area contributed by atoms with Crippen LogP contribution in [0.3, 0.4) is 0 Å². The number of ketones is 1. The summed E-state index contributed by atoms with van der Waals surface area (Å²) in [5.41, 5.74) is 2.97. The van der Waals surface area contributed by atoms with E-state index in [0.717, 1.165) is 16.7 Å². The Balaban J connectivity index is 2.04. The second-order valence-electron chi connectivity index (χ2n) is 6.40. The number of hydrogen-bond acceptors (Lipinski definition) is 3. The monoisotopic (exact) mass is 353 g/mol. The lowest BCUT2D eigenvalue weighted by molar-refractivity contribution is -0.138. The lowest BCUT2D eigenvalue weighted by atomic mass is 9.91. The lowest BCUT2D eigenvalue weighted by Gasteiger charge is -2.16. The average molecular weight is 353 g/mol. The van der Waals surface area contributed by atoms with Gasteiger partial charge in [0.15, 0.2) is 0 Å². The first-order chi connectivity index (χ1) is 12.4. The number of aryl methyl sites for hydroxylation is 1.